The van der Waals surface area contributed by atoms with Crippen molar-refractivity contribution in [3.05, 3.63) is 18.7 Å². The van der Waals surface area contributed by atoms with E-state index in [0.29, 0.717) is 0 Å². The molecule has 1 unspecified atom stereocenters. The van der Waals surface area contributed by atoms with Crippen molar-refractivity contribution in [1.29, 1.82) is 0 Å². The van der Waals surface area contributed by atoms with E-state index in [2.05, 4.69) is 0 Å². The molecule has 1 aliphatic heterocycles. The molecule has 2 heteroatoms. The van der Waals surface area contributed by atoms with E-state index >= 15 is 0 Å². The van der Waals surface area contributed by atoms with Crippen molar-refractivity contribution in [2.45, 2.75) is 6.23 Å². The zero-order chi connectivity index (χ0) is 5.98. The van der Waals surface area contributed by atoms with Gasteiger partial charge in [-0.05, 0) is 6.20 Å². The molecule has 0 spiro atoms. The first-order valence-corrected chi connectivity index (χ1v) is 2.61. The highest BCUT2D eigenvalue weighted by atomic mass is 16.5. The third kappa shape index (κ3) is 0.842. The highest BCUT2D eigenvalue weighted by Gasteiger charge is 2.12. The van der Waals surface area contributed by atoms with Crippen LogP contribution in [0.3, 0.4) is 0 Å². The standard InChI is InChI=1S/C6H10NO/c1-7-5-3-4-6(7)8-2/h3-6H,1-2H3. The first-order chi connectivity index (χ1) is 3.84. The lowest BCUT2D eigenvalue weighted by Gasteiger charge is -2.17. The van der Waals surface area contributed by atoms with Crippen LogP contribution in [-0.2, 0) is 4.74 Å². The largest absolute Gasteiger partial charge is 0.361 e. The molecule has 0 amide bonds. The van der Waals surface area contributed by atoms with Crippen LogP contribution in [-0.4, -0.2) is 25.3 Å². The number of hydrogen-bond acceptors (Lipinski definition) is 2. The van der Waals surface area contributed by atoms with Crippen LogP contribution in [0, 0.1) is 6.42 Å². The van der Waals surface area contributed by atoms with E-state index in [-0.39, 0.29) is 6.23 Å². The summed E-state index contributed by atoms with van der Waals surface area (Å²) in [7, 11) is 3.68. The summed E-state index contributed by atoms with van der Waals surface area (Å²) in [6.07, 6.45) is 6.12. The molecule has 45 valence electrons. The zero-order valence-electron chi connectivity index (χ0n) is 5.16. The Balaban J connectivity index is 2.38. The Bertz CT molecular complexity index is 101. The van der Waals surface area contributed by atoms with E-state index in [9.17, 15) is 0 Å². The maximum Gasteiger partial charge on any atom is 0.136 e. The van der Waals surface area contributed by atoms with Crippen LogP contribution in [0.5, 0.6) is 0 Å². The lowest BCUT2D eigenvalue weighted by molar-refractivity contribution is 0.0450. The van der Waals surface area contributed by atoms with Crippen molar-refractivity contribution >= 4 is 0 Å². The summed E-state index contributed by atoms with van der Waals surface area (Å²) in [4.78, 5) is 2.00. The minimum atomic E-state index is 0.162. The summed E-state index contributed by atoms with van der Waals surface area (Å²) < 4.78 is 5.03. The molecule has 0 fully saturated rings. The second kappa shape index (κ2) is 2.18. The van der Waals surface area contributed by atoms with Crippen LogP contribution >= 0.6 is 0 Å². The summed E-state index contributed by atoms with van der Waals surface area (Å²) >= 11 is 0. The number of nitrogens with zero attached hydrogens (tertiary/aromatic N) is 1. The maximum absolute atomic E-state index is 5.03. The molecule has 1 radical (unpaired) electrons. The predicted octanol–water partition coefficient (Wildman–Crippen LogP) is 0.622. The number of rotatable bonds is 1. The van der Waals surface area contributed by atoms with Gasteiger partial charge in [-0.25, -0.2) is 0 Å². The Labute approximate surface area is 49.7 Å². The molecular weight excluding hydrogens is 102 g/mol. The topological polar surface area (TPSA) is 12.5 Å². The monoisotopic (exact) mass is 112 g/mol. The molecule has 0 N–H and O–H groups in total. The van der Waals surface area contributed by atoms with Gasteiger partial charge in [0.15, 0.2) is 0 Å². The number of ether oxygens (including phenoxy) is 1. The van der Waals surface area contributed by atoms with Gasteiger partial charge in [0.1, 0.15) is 6.23 Å². The Morgan fingerprint density at radius 1 is 1.62 bits per heavy atom. The van der Waals surface area contributed by atoms with E-state index in [4.69, 9.17) is 4.74 Å². The van der Waals surface area contributed by atoms with Crippen LogP contribution < -0.4 is 0 Å². The van der Waals surface area contributed by atoms with E-state index in [1.807, 2.05) is 30.6 Å². The molecule has 1 rings (SSSR count). The average molecular weight is 112 g/mol. The van der Waals surface area contributed by atoms with E-state index in [1.165, 1.54) is 0 Å². The summed E-state index contributed by atoms with van der Waals surface area (Å²) in [6, 6.07) is 0. The van der Waals surface area contributed by atoms with Gasteiger partial charge in [0.25, 0.3) is 0 Å². The van der Waals surface area contributed by atoms with E-state index in [0.717, 1.165) is 0 Å². The summed E-state index contributed by atoms with van der Waals surface area (Å²) in [5, 5.41) is 0. The molecule has 0 aromatic rings. The summed E-state index contributed by atoms with van der Waals surface area (Å²) in [5.74, 6) is 0. The van der Waals surface area contributed by atoms with Crippen LogP contribution in [0.25, 0.3) is 0 Å². The minimum absolute atomic E-state index is 0.162. The Kier molecular flexibility index (Phi) is 1.53. The Morgan fingerprint density at radius 3 is 2.62 bits per heavy atom. The molecule has 1 atom stereocenters. The van der Waals surface area contributed by atoms with E-state index < -0.39 is 0 Å². The van der Waals surface area contributed by atoms with Gasteiger partial charge in [-0.3, -0.25) is 0 Å². The second-order valence-electron chi connectivity index (χ2n) is 1.83. The lowest BCUT2D eigenvalue weighted by Crippen LogP contribution is -2.24. The van der Waals surface area contributed by atoms with Crippen LogP contribution in [0.1, 0.15) is 0 Å². The van der Waals surface area contributed by atoms with Crippen molar-refractivity contribution in [3.63, 3.8) is 0 Å². The molecule has 0 bridgehead atoms. The predicted molar refractivity (Wildman–Crippen MR) is 32.0 cm³/mol. The lowest BCUT2D eigenvalue weighted by atomic mass is 10.4. The maximum atomic E-state index is 5.03. The fourth-order valence-electron chi connectivity index (χ4n) is 0.746. The Morgan fingerprint density at radius 2 is 2.38 bits per heavy atom. The zero-order valence-corrected chi connectivity index (χ0v) is 5.16. The summed E-state index contributed by atoms with van der Waals surface area (Å²) in [5.41, 5.74) is 0. The van der Waals surface area contributed by atoms with Gasteiger partial charge in [-0.15, -0.1) is 0 Å². The highest BCUT2D eigenvalue weighted by Crippen LogP contribution is 2.09. The van der Waals surface area contributed by atoms with Gasteiger partial charge >= 0.3 is 0 Å². The third-order valence-electron chi connectivity index (χ3n) is 1.24. The molecular formula is C6H10NO. The molecule has 1 heterocycles. The molecule has 0 aromatic carbocycles. The molecule has 1 aliphatic rings. The molecule has 0 aliphatic carbocycles. The third-order valence-corrected chi connectivity index (χ3v) is 1.24. The average Bonchev–Trinajstić information content (AvgIpc) is 2.14. The van der Waals surface area contributed by atoms with Gasteiger partial charge in [0.05, 0.1) is 0 Å². The van der Waals surface area contributed by atoms with E-state index in [1.54, 1.807) is 7.11 Å². The van der Waals surface area contributed by atoms with Gasteiger partial charge in [-0.1, -0.05) is 6.08 Å². The van der Waals surface area contributed by atoms with Gasteiger partial charge in [0, 0.05) is 20.6 Å². The normalized spacial score (nSPS) is 27.2. The quantitative estimate of drug-likeness (QED) is 0.493. The second-order valence-corrected chi connectivity index (χ2v) is 1.83. The first-order valence-electron chi connectivity index (χ1n) is 2.61. The van der Waals surface area contributed by atoms with Crippen molar-refractivity contribution in [2.75, 3.05) is 14.2 Å². The molecule has 8 heavy (non-hydrogen) atoms. The first kappa shape index (κ1) is 5.63. The molecule has 0 aromatic heterocycles. The van der Waals surface area contributed by atoms with Crippen LogP contribution in [0.2, 0.25) is 0 Å². The van der Waals surface area contributed by atoms with Gasteiger partial charge in [-0.2, -0.15) is 0 Å². The number of methoxy groups -OCH3 is 1. The van der Waals surface area contributed by atoms with Gasteiger partial charge < -0.3 is 9.64 Å². The fourth-order valence-corrected chi connectivity index (χ4v) is 0.746. The molecule has 2 nitrogen and oxygen atoms in total. The number of hydrogen-bond donors (Lipinski definition) is 0. The molecule has 0 saturated heterocycles. The summed E-state index contributed by atoms with van der Waals surface area (Å²) in [6.45, 7) is 0. The van der Waals surface area contributed by atoms with Crippen molar-refractivity contribution in [2.24, 2.45) is 0 Å². The van der Waals surface area contributed by atoms with Gasteiger partial charge in [0.2, 0.25) is 0 Å². The fraction of sp³-hybridized carbons (Fsp3) is 0.500. The highest BCUT2D eigenvalue weighted by molar-refractivity contribution is 5.06. The van der Waals surface area contributed by atoms with Crippen LogP contribution in [0.4, 0.5) is 0 Å². The van der Waals surface area contributed by atoms with Crippen molar-refractivity contribution in [1.82, 2.24) is 4.90 Å². The SMILES string of the molecule is COC1[CH]C=CN1C. The smallest absolute Gasteiger partial charge is 0.136 e. The van der Waals surface area contributed by atoms with Crippen molar-refractivity contribution < 1.29 is 4.74 Å². The Hall–Kier alpha value is -0.500. The minimum Gasteiger partial charge on any atom is -0.361 e. The van der Waals surface area contributed by atoms with Crippen LogP contribution in [0.15, 0.2) is 12.3 Å². The molecule has 0 saturated carbocycles. The van der Waals surface area contributed by atoms with Crippen molar-refractivity contribution in [3.8, 4) is 0 Å².